The second kappa shape index (κ2) is 12.7. The molecule has 12 heteroatoms. The highest BCUT2D eigenvalue weighted by Gasteiger charge is 2.56. The van der Waals surface area contributed by atoms with Crippen LogP contribution < -0.4 is 5.09 Å². The van der Waals surface area contributed by atoms with Gasteiger partial charge in [-0.15, -0.1) is 11.8 Å². The van der Waals surface area contributed by atoms with Gasteiger partial charge >= 0.3 is 13.7 Å². The van der Waals surface area contributed by atoms with E-state index in [0.717, 1.165) is 11.1 Å². The van der Waals surface area contributed by atoms with Gasteiger partial charge in [0.25, 0.3) is 0 Å². The van der Waals surface area contributed by atoms with Crippen molar-refractivity contribution in [1.82, 2.24) is 9.99 Å². The molecule has 1 saturated heterocycles. The number of thioether (sulfide) groups is 1. The molecule has 3 atom stereocenters. The van der Waals surface area contributed by atoms with E-state index in [1.54, 1.807) is 13.8 Å². The molecule has 0 aliphatic carbocycles. The lowest BCUT2D eigenvalue weighted by Gasteiger charge is -2.50. The number of amides is 1. The molecule has 1 fully saturated rings. The summed E-state index contributed by atoms with van der Waals surface area (Å²) in [7, 11) is -3.74. The number of hydrogen-bond donors (Lipinski definition) is 1. The van der Waals surface area contributed by atoms with Gasteiger partial charge in [-0.05, 0) is 30.5 Å². The number of carbonyl (C=O) groups is 3. The molecule has 38 heavy (non-hydrogen) atoms. The van der Waals surface area contributed by atoms with Crippen molar-refractivity contribution < 1.29 is 32.7 Å². The molecule has 0 spiro atoms. The molecule has 9 nitrogen and oxygen atoms in total. The lowest BCUT2D eigenvalue weighted by molar-refractivity contribution is -0.153. The molecule has 0 radical (unpaired) electrons. The van der Waals surface area contributed by atoms with E-state index in [2.05, 4.69) is 21.0 Å². The van der Waals surface area contributed by atoms with Crippen LogP contribution in [0.15, 0.2) is 71.9 Å². The van der Waals surface area contributed by atoms with Gasteiger partial charge in [0.1, 0.15) is 23.4 Å². The van der Waals surface area contributed by atoms with E-state index < -0.39 is 42.0 Å². The summed E-state index contributed by atoms with van der Waals surface area (Å²) in [5.41, 5.74) is 1.94. The summed E-state index contributed by atoms with van der Waals surface area (Å²) in [5, 5.41) is 2.17. The highest BCUT2D eigenvalue weighted by molar-refractivity contribution is 9.10. The van der Waals surface area contributed by atoms with E-state index in [9.17, 15) is 18.9 Å². The van der Waals surface area contributed by atoms with Gasteiger partial charge in [0.2, 0.25) is 5.91 Å². The van der Waals surface area contributed by atoms with Crippen LogP contribution >= 0.6 is 35.4 Å². The number of nitrogens with one attached hydrogen (secondary N) is 1. The molecule has 1 N–H and O–H groups in total. The zero-order chi connectivity index (χ0) is 27.3. The van der Waals surface area contributed by atoms with Crippen molar-refractivity contribution in [3.05, 3.63) is 83.1 Å². The summed E-state index contributed by atoms with van der Waals surface area (Å²) in [6.45, 7) is 3.59. The molecule has 0 aromatic heterocycles. The van der Waals surface area contributed by atoms with E-state index in [-0.39, 0.29) is 24.7 Å². The monoisotopic (exact) mass is 622 g/mol. The summed E-state index contributed by atoms with van der Waals surface area (Å²) in [4.78, 5) is 39.3. The number of fused-ring (bicyclic) bond motifs is 1. The Morgan fingerprint density at radius 1 is 1.11 bits per heavy atom. The Labute approximate surface area is 234 Å². The Hall–Kier alpha value is -2.27. The number of alkyl halides is 1. The van der Waals surface area contributed by atoms with E-state index in [0.29, 0.717) is 11.9 Å². The van der Waals surface area contributed by atoms with Crippen molar-refractivity contribution in [3.63, 3.8) is 0 Å². The first-order valence-corrected chi connectivity index (χ1v) is 15.6. The third kappa shape index (κ3) is 5.98. The number of esters is 1. The lowest BCUT2D eigenvalue weighted by Crippen LogP contribution is -2.69. The first-order valence-electron chi connectivity index (χ1n) is 12.1. The second-order valence-corrected chi connectivity index (χ2v) is 12.2. The van der Waals surface area contributed by atoms with Crippen LogP contribution in [0.5, 0.6) is 0 Å². The maximum Gasteiger partial charge on any atom is 0.406 e. The maximum absolute atomic E-state index is 13.8. The van der Waals surface area contributed by atoms with Crippen molar-refractivity contribution in [2.75, 3.05) is 19.0 Å². The zero-order valence-corrected chi connectivity index (χ0v) is 24.1. The quantitative estimate of drug-likeness (QED) is 0.119. The van der Waals surface area contributed by atoms with Crippen LogP contribution in [0.1, 0.15) is 31.1 Å². The van der Waals surface area contributed by atoms with Gasteiger partial charge in [-0.1, -0.05) is 76.6 Å². The van der Waals surface area contributed by atoms with E-state index in [1.165, 1.54) is 16.7 Å². The molecule has 4 rings (SSSR count). The number of nitrogens with zero attached hydrogens (tertiary/aromatic N) is 1. The van der Waals surface area contributed by atoms with Gasteiger partial charge in [-0.3, -0.25) is 18.7 Å². The van der Waals surface area contributed by atoms with Gasteiger partial charge in [-0.25, -0.2) is 14.4 Å². The molecule has 1 amide bonds. The van der Waals surface area contributed by atoms with E-state index in [4.69, 9.17) is 13.8 Å². The Kier molecular flexibility index (Phi) is 9.62. The van der Waals surface area contributed by atoms with Gasteiger partial charge < -0.3 is 9.53 Å². The van der Waals surface area contributed by atoms with Crippen molar-refractivity contribution in [3.8, 4) is 0 Å². The summed E-state index contributed by atoms with van der Waals surface area (Å²) < 4.78 is 29.7. The number of rotatable bonds is 12. The van der Waals surface area contributed by atoms with Gasteiger partial charge in [0.15, 0.2) is 6.10 Å². The van der Waals surface area contributed by atoms with Gasteiger partial charge in [-0.2, -0.15) is 0 Å². The predicted molar refractivity (Wildman–Crippen MR) is 147 cm³/mol. The Bertz CT molecular complexity index is 1200. The molecule has 2 aliphatic heterocycles. The smallest absolute Gasteiger partial charge is 0.406 e. The van der Waals surface area contributed by atoms with Crippen LogP contribution in [0.4, 0.5) is 0 Å². The number of aldehydes is 1. The summed E-state index contributed by atoms with van der Waals surface area (Å²) in [6.07, 6.45) is -0.0774. The molecule has 3 unspecified atom stereocenters. The van der Waals surface area contributed by atoms with Crippen LogP contribution in [-0.4, -0.2) is 58.3 Å². The van der Waals surface area contributed by atoms with Crippen molar-refractivity contribution in [1.29, 1.82) is 0 Å². The van der Waals surface area contributed by atoms with Crippen molar-refractivity contribution in [2.24, 2.45) is 0 Å². The van der Waals surface area contributed by atoms with Crippen molar-refractivity contribution in [2.45, 2.75) is 36.2 Å². The van der Waals surface area contributed by atoms with Gasteiger partial charge in [0.05, 0.1) is 18.0 Å². The maximum atomic E-state index is 13.8. The summed E-state index contributed by atoms with van der Waals surface area (Å²) in [6, 6.07) is 17.6. The van der Waals surface area contributed by atoms with E-state index >= 15 is 0 Å². The fourth-order valence-corrected chi connectivity index (χ4v) is 7.87. The average molecular weight is 623 g/mol. The molecule has 2 heterocycles. The molecule has 0 saturated carbocycles. The summed E-state index contributed by atoms with van der Waals surface area (Å²) in [5.74, 6) is -0.951. The first-order chi connectivity index (χ1) is 18.3. The third-order valence-corrected chi connectivity index (χ3v) is 9.83. The van der Waals surface area contributed by atoms with Crippen LogP contribution in [0.2, 0.25) is 0 Å². The van der Waals surface area contributed by atoms with Gasteiger partial charge in [0, 0.05) is 5.75 Å². The summed E-state index contributed by atoms with van der Waals surface area (Å²) >= 11 is 4.66. The topological polar surface area (TPSA) is 111 Å². The fourth-order valence-electron chi connectivity index (χ4n) is 4.28. The Morgan fingerprint density at radius 3 is 2.16 bits per heavy atom. The number of carbonyl (C=O) groups excluding carboxylic acids is 3. The zero-order valence-electron chi connectivity index (χ0n) is 20.8. The Balaban J connectivity index is 1.66. The molecular formula is C26H28BrN2O7PS. The molecule has 2 aromatic rings. The third-order valence-electron chi connectivity index (χ3n) is 5.97. The van der Waals surface area contributed by atoms with Crippen LogP contribution in [0, 0.1) is 0 Å². The minimum absolute atomic E-state index is 0.00490. The van der Waals surface area contributed by atoms with Crippen molar-refractivity contribution >= 4 is 53.6 Å². The average Bonchev–Trinajstić information content (AvgIpc) is 2.94. The SMILES string of the molecule is CCOP(=O)(NC1C(=O)N2C(C(=O)OC(c3ccccc3)c3ccccc3)=C(C(Br)C=O)CSC12)OCC. The fraction of sp³-hybridized carbons (Fsp3) is 0.346. The number of benzene rings is 2. The molecular weight excluding hydrogens is 595 g/mol. The first kappa shape index (κ1) is 28.7. The number of halogens is 1. The lowest BCUT2D eigenvalue weighted by atomic mass is 10.0. The van der Waals surface area contributed by atoms with E-state index in [1.807, 2.05) is 60.7 Å². The molecule has 0 bridgehead atoms. The molecule has 2 aromatic carbocycles. The predicted octanol–water partition coefficient (Wildman–Crippen LogP) is 4.59. The number of ether oxygens (including phenoxy) is 1. The van der Waals surface area contributed by atoms with Crippen LogP contribution in [-0.2, 0) is 32.7 Å². The number of β-lactam (4-membered cyclic amide) rings is 1. The van der Waals surface area contributed by atoms with Crippen LogP contribution in [0.25, 0.3) is 0 Å². The minimum atomic E-state index is -3.74. The standard InChI is InChI=1S/C26H28BrN2O7PS/c1-3-34-37(33,35-4-2)28-21-24(31)29-22(19(20(27)15-30)16-38-25(21)29)26(32)36-23(17-11-7-5-8-12-17)18-13-9-6-10-14-18/h5-15,20-21,23,25H,3-4,16H2,1-2H3,(H,28,33). The highest BCUT2D eigenvalue weighted by Crippen LogP contribution is 2.49. The largest absolute Gasteiger partial charge is 0.448 e. The van der Waals surface area contributed by atoms with Crippen LogP contribution in [0.3, 0.4) is 0 Å². The molecule has 202 valence electrons. The Morgan fingerprint density at radius 2 is 1.66 bits per heavy atom. The second-order valence-electron chi connectivity index (χ2n) is 8.37. The minimum Gasteiger partial charge on any atom is -0.448 e. The number of hydrogen-bond acceptors (Lipinski definition) is 8. The molecule has 2 aliphatic rings. The normalized spacial score (nSPS) is 20.1. The highest BCUT2D eigenvalue weighted by atomic mass is 79.9.